The second-order valence-electron chi connectivity index (χ2n) is 19.1. The standard InChI is InChI=1S/C59H48N4/c1-58(2,3)48-26-28-53-51(35-48)52-36-49(59(4,5)6)27-29-54(52)63(53)50-17-11-16-41(34-50)42-20-21-44-33-47(25-22-43(44)30-42)57-61-55(45-23-18-37-12-7-9-14-39(37)31-45)60-56(62-57)46-24-19-38-13-8-10-15-40(38)32-46/h7-36H,1-6H3. The van der Waals surface area contributed by atoms with Gasteiger partial charge in [-0.3, -0.25) is 0 Å². The summed E-state index contributed by atoms with van der Waals surface area (Å²) in [6, 6.07) is 65.9. The van der Waals surface area contributed by atoms with Crippen molar-refractivity contribution in [3.05, 3.63) is 193 Å². The highest BCUT2D eigenvalue weighted by molar-refractivity contribution is 6.10. The Kier molecular flexibility index (Phi) is 8.92. The van der Waals surface area contributed by atoms with Crippen LogP contribution in [-0.4, -0.2) is 19.5 Å². The maximum absolute atomic E-state index is 5.13. The number of hydrogen-bond donors (Lipinski definition) is 0. The first-order valence-corrected chi connectivity index (χ1v) is 21.9. The van der Waals surface area contributed by atoms with Crippen LogP contribution in [0.25, 0.3) is 105 Å². The summed E-state index contributed by atoms with van der Waals surface area (Å²) in [7, 11) is 0. The number of rotatable bonds is 5. The lowest BCUT2D eigenvalue weighted by Gasteiger charge is -2.19. The van der Waals surface area contributed by atoms with E-state index in [1.165, 1.54) is 54.8 Å². The molecule has 2 heterocycles. The number of benzene rings is 9. The zero-order valence-corrected chi connectivity index (χ0v) is 36.6. The van der Waals surface area contributed by atoms with Crippen molar-refractivity contribution >= 4 is 54.1 Å². The van der Waals surface area contributed by atoms with Gasteiger partial charge in [-0.2, -0.15) is 0 Å². The van der Waals surface area contributed by atoms with Gasteiger partial charge >= 0.3 is 0 Å². The van der Waals surface area contributed by atoms with E-state index in [2.05, 4.69) is 228 Å². The highest BCUT2D eigenvalue weighted by Crippen LogP contribution is 2.39. The van der Waals surface area contributed by atoms with E-state index in [4.69, 9.17) is 15.0 Å². The first kappa shape index (κ1) is 38.5. The molecule has 0 spiro atoms. The van der Waals surface area contributed by atoms with E-state index < -0.39 is 0 Å². The van der Waals surface area contributed by atoms with Gasteiger partial charge in [0.05, 0.1) is 11.0 Å². The van der Waals surface area contributed by atoms with Crippen LogP contribution < -0.4 is 0 Å². The molecule has 11 aromatic rings. The largest absolute Gasteiger partial charge is 0.309 e. The predicted octanol–water partition coefficient (Wildman–Crippen LogP) is 15.7. The lowest BCUT2D eigenvalue weighted by atomic mass is 9.85. The number of nitrogens with zero attached hydrogens (tertiary/aromatic N) is 4. The fourth-order valence-corrected chi connectivity index (χ4v) is 9.04. The summed E-state index contributed by atoms with van der Waals surface area (Å²) in [6.45, 7) is 13.8. The summed E-state index contributed by atoms with van der Waals surface area (Å²) >= 11 is 0. The van der Waals surface area contributed by atoms with Gasteiger partial charge in [0.2, 0.25) is 0 Å². The molecule has 4 nitrogen and oxygen atoms in total. The molecule has 0 bridgehead atoms. The number of fused-ring (bicyclic) bond motifs is 6. The van der Waals surface area contributed by atoms with Crippen LogP contribution in [0.4, 0.5) is 0 Å². The van der Waals surface area contributed by atoms with Gasteiger partial charge in [-0.25, -0.2) is 15.0 Å². The van der Waals surface area contributed by atoms with Crippen LogP contribution in [-0.2, 0) is 10.8 Å². The quantitative estimate of drug-likeness (QED) is 0.174. The van der Waals surface area contributed by atoms with E-state index >= 15 is 0 Å². The van der Waals surface area contributed by atoms with Gasteiger partial charge in [-0.05, 0) is 126 Å². The molecule has 0 fully saturated rings. The van der Waals surface area contributed by atoms with Gasteiger partial charge in [0, 0.05) is 33.2 Å². The van der Waals surface area contributed by atoms with Crippen molar-refractivity contribution in [1.29, 1.82) is 0 Å². The van der Waals surface area contributed by atoms with Crippen molar-refractivity contribution in [3.8, 4) is 51.0 Å². The highest BCUT2D eigenvalue weighted by atomic mass is 15.0. The predicted molar refractivity (Wildman–Crippen MR) is 266 cm³/mol. The van der Waals surface area contributed by atoms with Crippen molar-refractivity contribution in [1.82, 2.24) is 19.5 Å². The maximum atomic E-state index is 5.13. The molecule has 63 heavy (non-hydrogen) atoms. The lowest BCUT2D eigenvalue weighted by Crippen LogP contribution is -2.10. The molecule has 0 saturated carbocycles. The van der Waals surface area contributed by atoms with E-state index in [1.807, 2.05) is 0 Å². The molecule has 0 aliphatic rings. The fourth-order valence-electron chi connectivity index (χ4n) is 9.04. The van der Waals surface area contributed by atoms with Gasteiger partial charge in [0.15, 0.2) is 17.5 Å². The van der Waals surface area contributed by atoms with Crippen LogP contribution >= 0.6 is 0 Å². The van der Waals surface area contributed by atoms with Crippen LogP contribution in [0.15, 0.2) is 182 Å². The molecule has 2 aromatic heterocycles. The van der Waals surface area contributed by atoms with Crippen molar-refractivity contribution < 1.29 is 0 Å². The molecule has 0 aliphatic heterocycles. The molecular formula is C59H48N4. The highest BCUT2D eigenvalue weighted by Gasteiger charge is 2.21. The smallest absolute Gasteiger partial charge is 0.164 e. The molecule has 304 valence electrons. The van der Waals surface area contributed by atoms with Crippen LogP contribution in [0.1, 0.15) is 52.7 Å². The Labute approximate surface area is 368 Å². The van der Waals surface area contributed by atoms with E-state index in [9.17, 15) is 0 Å². The summed E-state index contributed by atoms with van der Waals surface area (Å²) in [5, 5.41) is 9.53. The van der Waals surface area contributed by atoms with Gasteiger partial charge in [0.25, 0.3) is 0 Å². The van der Waals surface area contributed by atoms with E-state index in [1.54, 1.807) is 0 Å². The van der Waals surface area contributed by atoms with Crippen molar-refractivity contribution in [3.63, 3.8) is 0 Å². The Morgan fingerprint density at radius 3 is 1.16 bits per heavy atom. The molecule has 0 atom stereocenters. The molecule has 0 amide bonds. The van der Waals surface area contributed by atoms with Crippen LogP contribution in [0, 0.1) is 0 Å². The average molecular weight is 813 g/mol. The molecule has 0 radical (unpaired) electrons. The van der Waals surface area contributed by atoms with Crippen molar-refractivity contribution in [2.75, 3.05) is 0 Å². The van der Waals surface area contributed by atoms with E-state index in [0.717, 1.165) is 43.9 Å². The third-order valence-corrected chi connectivity index (χ3v) is 12.7. The summed E-state index contributed by atoms with van der Waals surface area (Å²) in [5.74, 6) is 1.94. The van der Waals surface area contributed by atoms with Gasteiger partial charge in [-0.15, -0.1) is 0 Å². The molecule has 0 saturated heterocycles. The topological polar surface area (TPSA) is 43.6 Å². The third kappa shape index (κ3) is 7.02. The molecular weight excluding hydrogens is 765 g/mol. The molecule has 0 aliphatic carbocycles. The number of hydrogen-bond acceptors (Lipinski definition) is 3. The minimum absolute atomic E-state index is 0.0496. The SMILES string of the molecule is CC(C)(C)c1ccc2c(c1)c1cc(C(C)(C)C)ccc1n2-c1cccc(-c2ccc3cc(-c4nc(-c5ccc6ccccc6c5)nc(-c5ccc6ccccc6c5)n4)ccc3c2)c1. The second-order valence-corrected chi connectivity index (χ2v) is 19.1. The lowest BCUT2D eigenvalue weighted by molar-refractivity contribution is 0.590. The van der Waals surface area contributed by atoms with E-state index in [0.29, 0.717) is 17.5 Å². The zero-order valence-electron chi connectivity index (χ0n) is 36.6. The Morgan fingerprint density at radius 2 is 0.698 bits per heavy atom. The van der Waals surface area contributed by atoms with Crippen LogP contribution in [0.5, 0.6) is 0 Å². The minimum Gasteiger partial charge on any atom is -0.309 e. The van der Waals surface area contributed by atoms with Crippen molar-refractivity contribution in [2.24, 2.45) is 0 Å². The van der Waals surface area contributed by atoms with Gasteiger partial charge in [-0.1, -0.05) is 163 Å². The summed E-state index contributed by atoms with van der Waals surface area (Å²) in [6.07, 6.45) is 0. The second kappa shape index (κ2) is 14.6. The average Bonchev–Trinajstić information content (AvgIpc) is 3.63. The van der Waals surface area contributed by atoms with Crippen molar-refractivity contribution in [2.45, 2.75) is 52.4 Å². The Bertz CT molecular complexity index is 3430. The van der Waals surface area contributed by atoms with Crippen LogP contribution in [0.3, 0.4) is 0 Å². The third-order valence-electron chi connectivity index (χ3n) is 12.7. The van der Waals surface area contributed by atoms with E-state index in [-0.39, 0.29) is 10.8 Å². The Balaban J connectivity index is 0.990. The maximum Gasteiger partial charge on any atom is 0.164 e. The fraction of sp³-hybridized carbons (Fsp3) is 0.136. The molecule has 4 heteroatoms. The molecule has 0 N–H and O–H groups in total. The number of aromatic nitrogens is 4. The Morgan fingerprint density at radius 1 is 0.317 bits per heavy atom. The Hall–Kier alpha value is -7.43. The van der Waals surface area contributed by atoms with Gasteiger partial charge < -0.3 is 4.57 Å². The van der Waals surface area contributed by atoms with Crippen LogP contribution in [0.2, 0.25) is 0 Å². The monoisotopic (exact) mass is 812 g/mol. The van der Waals surface area contributed by atoms with Gasteiger partial charge in [0.1, 0.15) is 0 Å². The molecule has 9 aromatic carbocycles. The molecule has 11 rings (SSSR count). The minimum atomic E-state index is 0.0496. The zero-order chi connectivity index (χ0) is 43.0. The normalized spacial score (nSPS) is 12.3. The summed E-state index contributed by atoms with van der Waals surface area (Å²) < 4.78 is 2.44. The summed E-state index contributed by atoms with van der Waals surface area (Å²) in [4.78, 5) is 15.3. The first-order chi connectivity index (χ1) is 30.4. The first-order valence-electron chi connectivity index (χ1n) is 21.9. The summed E-state index contributed by atoms with van der Waals surface area (Å²) in [5.41, 5.74) is 11.6. The molecule has 0 unspecified atom stereocenters.